The number of nitrogens with one attached hydrogen (secondary N) is 1. The Morgan fingerprint density at radius 2 is 2.05 bits per heavy atom. The summed E-state index contributed by atoms with van der Waals surface area (Å²) in [6.45, 7) is 2.40. The molecular weight excluding hydrogens is 254 g/mol. The molecule has 1 atom stereocenters. The number of nitrogens with two attached hydrogens (primary N) is 1. The van der Waals surface area contributed by atoms with Crippen molar-refractivity contribution in [3.63, 3.8) is 0 Å². The molecule has 5 heteroatoms. The summed E-state index contributed by atoms with van der Waals surface area (Å²) >= 11 is 0. The molecule has 1 aliphatic rings. The topological polar surface area (TPSA) is 67.6 Å². The number of hydrogen-bond donors (Lipinski definition) is 2. The van der Waals surface area contributed by atoms with E-state index in [1.807, 2.05) is 43.1 Å². The summed E-state index contributed by atoms with van der Waals surface area (Å²) in [7, 11) is 3.60. The second-order valence-corrected chi connectivity index (χ2v) is 5.67. The smallest absolute Gasteiger partial charge is 0.239 e. The lowest BCUT2D eigenvalue weighted by Gasteiger charge is -2.33. The molecule has 0 aromatic heterocycles. The minimum atomic E-state index is -0.712. The molecule has 1 amide bonds. The quantitative estimate of drug-likeness (QED) is 0.784. The van der Waals surface area contributed by atoms with Crippen LogP contribution in [0.25, 0.3) is 0 Å². The maximum Gasteiger partial charge on any atom is 0.239 e. The predicted molar refractivity (Wildman–Crippen MR) is 80.0 cm³/mol. The van der Waals surface area contributed by atoms with Gasteiger partial charge in [-0.25, -0.2) is 0 Å². The van der Waals surface area contributed by atoms with Crippen LogP contribution in [-0.2, 0) is 4.79 Å². The number of benzene rings is 1. The first-order valence-corrected chi connectivity index (χ1v) is 6.87. The van der Waals surface area contributed by atoms with Gasteiger partial charge in [-0.15, -0.1) is 0 Å². The van der Waals surface area contributed by atoms with Gasteiger partial charge >= 0.3 is 0 Å². The minimum Gasteiger partial charge on any atom is -0.497 e. The molecule has 0 heterocycles. The Morgan fingerprint density at radius 3 is 2.50 bits per heavy atom. The van der Waals surface area contributed by atoms with Gasteiger partial charge in [0, 0.05) is 25.3 Å². The number of methoxy groups -OCH3 is 1. The van der Waals surface area contributed by atoms with E-state index in [9.17, 15) is 4.79 Å². The first-order valence-electron chi connectivity index (χ1n) is 6.87. The maximum absolute atomic E-state index is 11.8. The molecule has 0 bridgehead atoms. The summed E-state index contributed by atoms with van der Waals surface area (Å²) in [6.07, 6.45) is 2.24. The van der Waals surface area contributed by atoms with Crippen LogP contribution < -0.4 is 20.7 Å². The fourth-order valence-corrected chi connectivity index (χ4v) is 2.28. The van der Waals surface area contributed by atoms with Crippen molar-refractivity contribution in [2.75, 3.05) is 25.6 Å². The second-order valence-electron chi connectivity index (χ2n) is 5.67. The van der Waals surface area contributed by atoms with Crippen LogP contribution in [0.5, 0.6) is 5.75 Å². The molecule has 1 aromatic rings. The van der Waals surface area contributed by atoms with Crippen molar-refractivity contribution in [1.29, 1.82) is 0 Å². The average Bonchev–Trinajstić information content (AvgIpc) is 3.22. The molecule has 0 saturated heterocycles. The molecule has 1 aliphatic carbocycles. The number of hydrogen-bond acceptors (Lipinski definition) is 4. The molecule has 0 aliphatic heterocycles. The van der Waals surface area contributed by atoms with E-state index in [2.05, 4.69) is 5.32 Å². The monoisotopic (exact) mass is 277 g/mol. The highest BCUT2D eigenvalue weighted by Crippen LogP contribution is 2.24. The third kappa shape index (κ3) is 3.42. The molecule has 5 nitrogen and oxygen atoms in total. The fraction of sp³-hybridized carbons (Fsp3) is 0.533. The van der Waals surface area contributed by atoms with Crippen LogP contribution in [0.2, 0.25) is 0 Å². The average molecular weight is 277 g/mol. The van der Waals surface area contributed by atoms with Crippen molar-refractivity contribution in [2.24, 2.45) is 5.73 Å². The van der Waals surface area contributed by atoms with Gasteiger partial charge in [-0.2, -0.15) is 0 Å². The molecule has 110 valence electrons. The first-order chi connectivity index (χ1) is 9.44. The number of nitrogens with zero attached hydrogens (tertiary/aromatic N) is 1. The molecule has 1 saturated carbocycles. The fourth-order valence-electron chi connectivity index (χ4n) is 2.28. The second kappa shape index (κ2) is 5.71. The van der Waals surface area contributed by atoms with E-state index in [0.717, 1.165) is 24.3 Å². The van der Waals surface area contributed by atoms with Gasteiger partial charge in [0.1, 0.15) is 11.3 Å². The Balaban J connectivity index is 2.06. The van der Waals surface area contributed by atoms with E-state index >= 15 is 0 Å². The Morgan fingerprint density at radius 1 is 1.45 bits per heavy atom. The lowest BCUT2D eigenvalue weighted by atomic mass is 10.0. The van der Waals surface area contributed by atoms with Crippen molar-refractivity contribution in [2.45, 2.75) is 31.3 Å². The Hall–Kier alpha value is -1.75. The molecular formula is C15H23N3O2. The minimum absolute atomic E-state index is 0.315. The van der Waals surface area contributed by atoms with Crippen molar-refractivity contribution < 1.29 is 9.53 Å². The zero-order valence-corrected chi connectivity index (χ0v) is 12.3. The molecule has 1 aromatic carbocycles. The van der Waals surface area contributed by atoms with E-state index in [0.29, 0.717) is 12.6 Å². The number of likely N-dealkylation sites (N-methyl/N-ethyl adjacent to an activating group) is 1. The summed E-state index contributed by atoms with van der Waals surface area (Å²) in [5.41, 5.74) is 5.88. The summed E-state index contributed by atoms with van der Waals surface area (Å²) in [6, 6.07) is 8.18. The van der Waals surface area contributed by atoms with Gasteiger partial charge in [0.25, 0.3) is 0 Å². The van der Waals surface area contributed by atoms with E-state index in [4.69, 9.17) is 10.5 Å². The molecule has 0 radical (unpaired) electrons. The molecule has 1 fully saturated rings. The van der Waals surface area contributed by atoms with Crippen molar-refractivity contribution in [1.82, 2.24) is 5.32 Å². The van der Waals surface area contributed by atoms with E-state index in [-0.39, 0.29) is 5.91 Å². The van der Waals surface area contributed by atoms with Crippen LogP contribution in [-0.4, -0.2) is 38.2 Å². The maximum atomic E-state index is 11.8. The Kier molecular flexibility index (Phi) is 4.18. The largest absolute Gasteiger partial charge is 0.497 e. The molecule has 2 rings (SSSR count). The van der Waals surface area contributed by atoms with Gasteiger partial charge in [-0.1, -0.05) is 0 Å². The van der Waals surface area contributed by atoms with Gasteiger partial charge in [-0.05, 0) is 44.0 Å². The number of anilines is 1. The SMILES string of the molecule is COc1ccc(N(C)CC(C)(NC2CC2)C(N)=O)cc1. The van der Waals surface area contributed by atoms with Crippen LogP contribution in [0.1, 0.15) is 19.8 Å². The third-order valence-corrected chi connectivity index (χ3v) is 3.71. The van der Waals surface area contributed by atoms with Crippen LogP contribution >= 0.6 is 0 Å². The van der Waals surface area contributed by atoms with Crippen LogP contribution in [0.15, 0.2) is 24.3 Å². The molecule has 0 spiro atoms. The zero-order valence-electron chi connectivity index (χ0n) is 12.3. The number of carbonyl (C=O) groups excluding carboxylic acids is 1. The highest BCUT2D eigenvalue weighted by molar-refractivity contribution is 5.85. The van der Waals surface area contributed by atoms with Crippen LogP contribution in [0.4, 0.5) is 5.69 Å². The number of rotatable bonds is 7. The number of carbonyl (C=O) groups is 1. The van der Waals surface area contributed by atoms with Crippen molar-refractivity contribution in [3.8, 4) is 5.75 Å². The number of ether oxygens (including phenoxy) is 1. The highest BCUT2D eigenvalue weighted by Gasteiger charge is 2.37. The summed E-state index contributed by atoms with van der Waals surface area (Å²) < 4.78 is 5.14. The highest BCUT2D eigenvalue weighted by atomic mass is 16.5. The third-order valence-electron chi connectivity index (χ3n) is 3.71. The number of primary amides is 1. The van der Waals surface area contributed by atoms with Crippen LogP contribution in [0.3, 0.4) is 0 Å². The van der Waals surface area contributed by atoms with Crippen molar-refractivity contribution >= 4 is 11.6 Å². The summed E-state index contributed by atoms with van der Waals surface area (Å²) in [5, 5.41) is 3.35. The van der Waals surface area contributed by atoms with E-state index < -0.39 is 5.54 Å². The molecule has 3 N–H and O–H groups in total. The lowest BCUT2D eigenvalue weighted by Crippen LogP contribution is -2.59. The summed E-state index contributed by atoms with van der Waals surface area (Å²) in [5.74, 6) is 0.501. The number of amides is 1. The van der Waals surface area contributed by atoms with Gasteiger partial charge in [0.15, 0.2) is 0 Å². The zero-order chi connectivity index (χ0) is 14.8. The Bertz CT molecular complexity index is 471. The standard InChI is InChI=1S/C15H23N3O2/c1-15(14(16)19,17-11-4-5-11)10-18(2)12-6-8-13(20-3)9-7-12/h6-9,11,17H,4-5,10H2,1-3H3,(H2,16,19). The van der Waals surface area contributed by atoms with Gasteiger partial charge in [0.05, 0.1) is 7.11 Å². The molecule has 1 unspecified atom stereocenters. The first kappa shape index (κ1) is 14.7. The molecule has 20 heavy (non-hydrogen) atoms. The van der Waals surface area contributed by atoms with E-state index in [1.165, 1.54) is 0 Å². The van der Waals surface area contributed by atoms with Gasteiger partial charge in [0.2, 0.25) is 5.91 Å². The van der Waals surface area contributed by atoms with E-state index in [1.54, 1.807) is 7.11 Å². The van der Waals surface area contributed by atoms with Crippen molar-refractivity contribution in [3.05, 3.63) is 24.3 Å². The van der Waals surface area contributed by atoms with Crippen LogP contribution in [0, 0.1) is 0 Å². The van der Waals surface area contributed by atoms with Gasteiger partial charge in [-0.3, -0.25) is 10.1 Å². The summed E-state index contributed by atoms with van der Waals surface area (Å²) in [4.78, 5) is 13.8. The lowest BCUT2D eigenvalue weighted by molar-refractivity contribution is -0.123. The predicted octanol–water partition coefficient (Wildman–Crippen LogP) is 1.13. The normalized spacial score (nSPS) is 17.4. The van der Waals surface area contributed by atoms with Gasteiger partial charge < -0.3 is 15.4 Å². The Labute approximate surface area is 120 Å².